The summed E-state index contributed by atoms with van der Waals surface area (Å²) in [7, 11) is 0. The van der Waals surface area contributed by atoms with Crippen LogP contribution in [0.2, 0.25) is 0 Å². The van der Waals surface area contributed by atoms with E-state index in [1.807, 2.05) is 6.92 Å². The van der Waals surface area contributed by atoms with Crippen LogP contribution in [0.4, 0.5) is 0 Å². The van der Waals surface area contributed by atoms with E-state index >= 15 is 0 Å². The van der Waals surface area contributed by atoms with Gasteiger partial charge in [-0.3, -0.25) is 28.7 Å². The van der Waals surface area contributed by atoms with Crippen LogP contribution < -0.4 is 11.2 Å². The van der Waals surface area contributed by atoms with E-state index in [1.54, 1.807) is 0 Å². The van der Waals surface area contributed by atoms with Crippen LogP contribution in [-0.4, -0.2) is 61.3 Å². The van der Waals surface area contributed by atoms with Gasteiger partial charge in [-0.25, -0.2) is 4.79 Å². The third kappa shape index (κ3) is 9.92. The highest BCUT2D eigenvalue weighted by Crippen LogP contribution is 2.11. The van der Waals surface area contributed by atoms with Crippen molar-refractivity contribution >= 4 is 0 Å². The van der Waals surface area contributed by atoms with Crippen molar-refractivity contribution in [3.63, 3.8) is 0 Å². The molecule has 1 N–H and O–H groups in total. The Morgan fingerprint density at radius 3 is 2.08 bits per heavy atom. The quantitative estimate of drug-likeness (QED) is 0.292. The van der Waals surface area contributed by atoms with Gasteiger partial charge < -0.3 is 5.11 Å². The molecule has 0 fully saturated rings. The van der Waals surface area contributed by atoms with Gasteiger partial charge in [-0.1, -0.05) is 46.5 Å². The number of unbranched alkanes of at least 4 members (excludes halogenated alkanes) is 2. The van der Waals surface area contributed by atoms with Crippen LogP contribution >= 0.6 is 0 Å². The summed E-state index contributed by atoms with van der Waals surface area (Å²) < 4.78 is 2.65. The second kappa shape index (κ2) is 16.2. The van der Waals surface area contributed by atoms with E-state index < -0.39 is 6.10 Å². The highest BCUT2D eigenvalue weighted by atomic mass is 16.3. The summed E-state index contributed by atoms with van der Waals surface area (Å²) in [5.74, 6) is 6.58. The molecule has 37 heavy (non-hydrogen) atoms. The van der Waals surface area contributed by atoms with Gasteiger partial charge in [0, 0.05) is 43.9 Å². The van der Waals surface area contributed by atoms with Gasteiger partial charge in [0.15, 0.2) is 0 Å². The molecule has 0 aliphatic carbocycles. The van der Waals surface area contributed by atoms with Crippen LogP contribution in [0.1, 0.15) is 77.3 Å². The van der Waals surface area contributed by atoms with E-state index in [9.17, 15) is 14.7 Å². The van der Waals surface area contributed by atoms with Crippen LogP contribution in [-0.2, 0) is 26.2 Å². The van der Waals surface area contributed by atoms with Gasteiger partial charge in [0.25, 0.3) is 5.56 Å². The molecule has 0 bridgehead atoms. The standard InChI is InChI=1S/C29H45N5O3/c1-6-27(35)23-33-18-16-28(36)34(29(33)37)17-14-12-11-13-15-24-19-25(21-31(7-2)8-3)30-26(20-24)22-32(9-4)10-5/h16,18-20,27,35H,6-12,14,17,21-23H2,1-5H3. The van der Waals surface area contributed by atoms with E-state index in [1.165, 1.54) is 21.4 Å². The molecule has 2 aromatic rings. The van der Waals surface area contributed by atoms with Crippen molar-refractivity contribution in [3.8, 4) is 11.8 Å². The van der Waals surface area contributed by atoms with Crippen LogP contribution in [0, 0.1) is 11.8 Å². The molecule has 0 aliphatic heterocycles. The lowest BCUT2D eigenvalue weighted by molar-refractivity contribution is 0.147. The number of aliphatic hydroxyl groups excluding tert-OH is 1. The fraction of sp³-hybridized carbons (Fsp3) is 0.621. The van der Waals surface area contributed by atoms with E-state index in [2.05, 4.69) is 61.5 Å². The number of nitrogens with zero attached hydrogens (tertiary/aromatic N) is 5. The smallest absolute Gasteiger partial charge is 0.331 e. The summed E-state index contributed by atoms with van der Waals surface area (Å²) in [4.78, 5) is 34.4. The van der Waals surface area contributed by atoms with E-state index in [0.29, 0.717) is 25.8 Å². The molecule has 2 rings (SSSR count). The molecule has 0 saturated carbocycles. The second-order valence-electron chi connectivity index (χ2n) is 9.32. The largest absolute Gasteiger partial charge is 0.391 e. The third-order valence-corrected chi connectivity index (χ3v) is 6.68. The molecule has 1 atom stereocenters. The molecular weight excluding hydrogens is 466 g/mol. The zero-order chi connectivity index (χ0) is 27.2. The summed E-state index contributed by atoms with van der Waals surface area (Å²) in [6.45, 7) is 16.6. The fourth-order valence-corrected chi connectivity index (χ4v) is 4.14. The molecule has 0 amide bonds. The van der Waals surface area contributed by atoms with Crippen molar-refractivity contribution in [2.75, 3.05) is 26.2 Å². The third-order valence-electron chi connectivity index (χ3n) is 6.68. The maximum absolute atomic E-state index is 12.6. The van der Waals surface area contributed by atoms with Crippen LogP contribution in [0.5, 0.6) is 0 Å². The first-order valence-corrected chi connectivity index (χ1v) is 13.8. The average Bonchev–Trinajstić information content (AvgIpc) is 2.90. The minimum atomic E-state index is -0.604. The molecule has 8 heteroatoms. The van der Waals surface area contributed by atoms with Gasteiger partial charge in [-0.2, -0.15) is 0 Å². The van der Waals surface area contributed by atoms with Crippen molar-refractivity contribution in [3.05, 3.63) is 62.2 Å². The summed E-state index contributed by atoms with van der Waals surface area (Å²) in [6.07, 6.45) is 3.56. The van der Waals surface area contributed by atoms with Crippen molar-refractivity contribution in [1.82, 2.24) is 23.9 Å². The molecule has 0 aromatic carbocycles. The molecule has 1 unspecified atom stereocenters. The lowest BCUT2D eigenvalue weighted by Crippen LogP contribution is -2.40. The first-order valence-electron chi connectivity index (χ1n) is 13.8. The van der Waals surface area contributed by atoms with Crippen LogP contribution in [0.3, 0.4) is 0 Å². The van der Waals surface area contributed by atoms with Crippen molar-refractivity contribution in [2.24, 2.45) is 0 Å². The Kier molecular flexibility index (Phi) is 13.3. The maximum Gasteiger partial charge on any atom is 0.331 e. The molecule has 8 nitrogen and oxygen atoms in total. The van der Waals surface area contributed by atoms with Crippen LogP contribution in [0.25, 0.3) is 0 Å². The van der Waals surface area contributed by atoms with Gasteiger partial charge in [0.05, 0.1) is 24.0 Å². The number of pyridine rings is 1. The predicted molar refractivity (Wildman–Crippen MR) is 149 cm³/mol. The Bertz CT molecular complexity index is 1100. The Labute approximate surface area is 222 Å². The minimum Gasteiger partial charge on any atom is -0.391 e. The summed E-state index contributed by atoms with van der Waals surface area (Å²) >= 11 is 0. The zero-order valence-corrected chi connectivity index (χ0v) is 23.4. The first-order chi connectivity index (χ1) is 17.8. The minimum absolute atomic E-state index is 0.194. The highest BCUT2D eigenvalue weighted by Gasteiger charge is 2.10. The fourth-order valence-electron chi connectivity index (χ4n) is 4.14. The number of aliphatic hydroxyl groups is 1. The Hall–Kier alpha value is -2.73. The van der Waals surface area contributed by atoms with E-state index in [0.717, 1.165) is 62.6 Å². The number of aromatic nitrogens is 3. The summed E-state index contributed by atoms with van der Waals surface area (Å²) in [5.41, 5.74) is 2.40. The maximum atomic E-state index is 12.6. The van der Waals surface area contributed by atoms with Gasteiger partial charge >= 0.3 is 5.69 Å². The van der Waals surface area contributed by atoms with Crippen molar-refractivity contribution < 1.29 is 5.11 Å². The van der Waals surface area contributed by atoms with E-state index in [4.69, 9.17) is 4.98 Å². The first kappa shape index (κ1) is 30.5. The van der Waals surface area contributed by atoms with Gasteiger partial charge in [-0.15, -0.1) is 0 Å². The summed E-state index contributed by atoms with van der Waals surface area (Å²) in [5, 5.41) is 9.86. The SMILES string of the molecule is CCC(O)Cn1ccc(=O)n(CCCCC#Cc2cc(CN(CC)CC)nc(CN(CC)CC)c2)c1=O. The summed E-state index contributed by atoms with van der Waals surface area (Å²) in [6, 6.07) is 5.57. The van der Waals surface area contributed by atoms with Crippen LogP contribution in [0.15, 0.2) is 34.0 Å². The number of hydrogen-bond acceptors (Lipinski definition) is 6. The highest BCUT2D eigenvalue weighted by molar-refractivity contribution is 5.36. The number of rotatable bonds is 15. The van der Waals surface area contributed by atoms with Gasteiger partial charge in [-0.05, 0) is 57.6 Å². The molecule has 204 valence electrons. The molecule has 2 aromatic heterocycles. The predicted octanol–water partition coefficient (Wildman–Crippen LogP) is 3.08. The van der Waals surface area contributed by atoms with Crippen molar-refractivity contribution in [2.45, 2.75) is 92.6 Å². The number of hydrogen-bond donors (Lipinski definition) is 1. The zero-order valence-electron chi connectivity index (χ0n) is 23.4. The molecule has 0 spiro atoms. The monoisotopic (exact) mass is 511 g/mol. The van der Waals surface area contributed by atoms with E-state index in [-0.39, 0.29) is 17.8 Å². The van der Waals surface area contributed by atoms with Crippen molar-refractivity contribution in [1.29, 1.82) is 0 Å². The molecule has 0 radical (unpaired) electrons. The lowest BCUT2D eigenvalue weighted by Gasteiger charge is -2.20. The topological polar surface area (TPSA) is 83.6 Å². The van der Waals surface area contributed by atoms with Gasteiger partial charge in [0.2, 0.25) is 0 Å². The molecule has 0 saturated heterocycles. The molecule has 0 aliphatic rings. The Morgan fingerprint density at radius 2 is 1.54 bits per heavy atom. The Morgan fingerprint density at radius 1 is 0.946 bits per heavy atom. The van der Waals surface area contributed by atoms with Gasteiger partial charge in [0.1, 0.15) is 0 Å². The average molecular weight is 512 g/mol. The Balaban J connectivity index is 2.05. The lowest BCUT2D eigenvalue weighted by atomic mass is 10.1. The normalized spacial score (nSPS) is 12.1. The second-order valence-corrected chi connectivity index (χ2v) is 9.32. The molecular formula is C29H45N5O3. The molecule has 2 heterocycles.